The second-order valence-electron chi connectivity index (χ2n) is 8.69. The lowest BCUT2D eigenvalue weighted by Crippen LogP contribution is -2.34. The molecule has 0 saturated carbocycles. The van der Waals surface area contributed by atoms with E-state index in [1.807, 2.05) is 36.4 Å². The van der Waals surface area contributed by atoms with Crippen LogP contribution in [-0.4, -0.2) is 47.9 Å². The van der Waals surface area contributed by atoms with Gasteiger partial charge in [-0.25, -0.2) is 9.97 Å². The molecule has 0 spiro atoms. The monoisotopic (exact) mass is 501 g/mol. The van der Waals surface area contributed by atoms with E-state index in [4.69, 9.17) is 14.2 Å². The van der Waals surface area contributed by atoms with Crippen molar-refractivity contribution in [3.8, 4) is 23.1 Å². The lowest BCUT2D eigenvalue weighted by molar-refractivity contribution is -0.145. The predicted molar refractivity (Wildman–Crippen MR) is 139 cm³/mol. The number of carbonyl (C=O) groups is 1. The highest BCUT2D eigenvalue weighted by molar-refractivity contribution is 5.75. The van der Waals surface area contributed by atoms with Crippen molar-refractivity contribution in [2.24, 2.45) is 0 Å². The van der Waals surface area contributed by atoms with E-state index in [1.54, 1.807) is 32.2 Å². The van der Waals surface area contributed by atoms with E-state index in [1.165, 1.54) is 0 Å². The Kier molecular flexibility index (Phi) is 9.03. The maximum absolute atomic E-state index is 11.8. The van der Waals surface area contributed by atoms with E-state index in [0.717, 1.165) is 29.7 Å². The maximum atomic E-state index is 11.8. The number of hydrogen-bond donors (Lipinski definition) is 2. The van der Waals surface area contributed by atoms with Crippen molar-refractivity contribution in [3.05, 3.63) is 65.9 Å². The Hall–Kier alpha value is -4.00. The number of ether oxygens (including phenoxy) is 3. The molecule has 1 aliphatic rings. The molecule has 1 saturated heterocycles. The highest BCUT2D eigenvalue weighted by atomic mass is 16.5. The zero-order valence-electron chi connectivity index (χ0n) is 21.1. The van der Waals surface area contributed by atoms with E-state index in [9.17, 15) is 10.1 Å². The van der Waals surface area contributed by atoms with Gasteiger partial charge in [0, 0.05) is 36.8 Å². The molecule has 9 heteroatoms. The first-order chi connectivity index (χ1) is 18.1. The van der Waals surface area contributed by atoms with Crippen molar-refractivity contribution in [3.63, 3.8) is 0 Å². The van der Waals surface area contributed by atoms with Crippen molar-refractivity contribution in [1.29, 1.82) is 5.26 Å². The predicted octanol–water partition coefficient (Wildman–Crippen LogP) is 4.36. The number of carbonyl (C=O) groups excluding carboxylic acids is 1. The third kappa shape index (κ3) is 7.26. The van der Waals surface area contributed by atoms with Crippen molar-refractivity contribution in [2.45, 2.75) is 45.4 Å². The van der Waals surface area contributed by atoms with Crippen molar-refractivity contribution in [2.75, 3.05) is 25.1 Å². The van der Waals surface area contributed by atoms with Gasteiger partial charge in [0.15, 0.2) is 0 Å². The minimum absolute atomic E-state index is 0.0599. The summed E-state index contributed by atoms with van der Waals surface area (Å²) in [4.78, 5) is 20.7. The number of rotatable bonds is 10. The van der Waals surface area contributed by atoms with Crippen LogP contribution in [0.25, 0.3) is 11.3 Å². The highest BCUT2D eigenvalue weighted by Gasteiger charge is 2.18. The summed E-state index contributed by atoms with van der Waals surface area (Å²) in [6.45, 7) is 5.83. The maximum Gasteiger partial charge on any atom is 0.322 e. The number of hydrogen-bond acceptors (Lipinski definition) is 9. The van der Waals surface area contributed by atoms with Crippen LogP contribution in [-0.2, 0) is 20.8 Å². The topological polar surface area (TPSA) is 118 Å². The standard InChI is InChI=1S/C28H31N5O4/c1-3-36-27(34)19(2)31-18-20-4-7-23(8-5-20)32-28-30-13-10-25(33-28)21-6-9-26(22(16-21)17-29)37-24-11-14-35-15-12-24/h4-10,13,16,19,24,31H,3,11-12,14-15,18H2,1-2H3,(H,30,32,33)/t19-/m0/s1. The molecule has 0 unspecified atom stereocenters. The van der Waals surface area contributed by atoms with Crippen LogP contribution in [0, 0.1) is 11.3 Å². The van der Waals surface area contributed by atoms with Crippen LogP contribution in [0.2, 0.25) is 0 Å². The molecule has 0 amide bonds. The van der Waals surface area contributed by atoms with Crippen LogP contribution in [0.3, 0.4) is 0 Å². The van der Waals surface area contributed by atoms with Gasteiger partial charge in [0.2, 0.25) is 5.95 Å². The fourth-order valence-corrected chi connectivity index (χ4v) is 3.89. The first kappa shape index (κ1) is 26.1. The Morgan fingerprint density at radius 3 is 2.70 bits per heavy atom. The first-order valence-corrected chi connectivity index (χ1v) is 12.4. The summed E-state index contributed by atoms with van der Waals surface area (Å²) in [7, 11) is 0. The summed E-state index contributed by atoms with van der Waals surface area (Å²) >= 11 is 0. The van der Waals surface area contributed by atoms with Gasteiger partial charge in [-0.2, -0.15) is 5.26 Å². The van der Waals surface area contributed by atoms with Crippen LogP contribution in [0.4, 0.5) is 11.6 Å². The summed E-state index contributed by atoms with van der Waals surface area (Å²) in [6.07, 6.45) is 3.37. The third-order valence-corrected chi connectivity index (χ3v) is 5.98. The lowest BCUT2D eigenvalue weighted by Gasteiger charge is -2.23. The van der Waals surface area contributed by atoms with Gasteiger partial charge in [-0.05, 0) is 55.8 Å². The molecular formula is C28H31N5O4. The first-order valence-electron chi connectivity index (χ1n) is 12.4. The Labute approximate surface area is 216 Å². The Balaban J connectivity index is 1.39. The molecule has 2 aromatic carbocycles. The average molecular weight is 502 g/mol. The summed E-state index contributed by atoms with van der Waals surface area (Å²) < 4.78 is 16.5. The van der Waals surface area contributed by atoms with Gasteiger partial charge < -0.3 is 24.8 Å². The fourth-order valence-electron chi connectivity index (χ4n) is 3.89. The number of benzene rings is 2. The van der Waals surface area contributed by atoms with Gasteiger partial charge in [-0.3, -0.25) is 4.79 Å². The largest absolute Gasteiger partial charge is 0.489 e. The van der Waals surface area contributed by atoms with Gasteiger partial charge in [-0.1, -0.05) is 12.1 Å². The molecule has 0 radical (unpaired) electrons. The zero-order valence-corrected chi connectivity index (χ0v) is 21.1. The van der Waals surface area contributed by atoms with E-state index in [0.29, 0.717) is 49.3 Å². The second kappa shape index (κ2) is 12.8. The van der Waals surface area contributed by atoms with Gasteiger partial charge >= 0.3 is 5.97 Å². The molecule has 1 aromatic heterocycles. The summed E-state index contributed by atoms with van der Waals surface area (Å²) in [5.41, 5.74) is 3.83. The van der Waals surface area contributed by atoms with Crippen LogP contribution in [0.15, 0.2) is 54.7 Å². The number of nitriles is 1. The number of nitrogens with one attached hydrogen (secondary N) is 2. The molecule has 2 heterocycles. The fraction of sp³-hybridized carbons (Fsp3) is 0.357. The molecule has 3 aromatic rings. The van der Waals surface area contributed by atoms with E-state index in [-0.39, 0.29) is 18.1 Å². The number of anilines is 2. The number of esters is 1. The quantitative estimate of drug-likeness (QED) is 0.391. The molecular weight excluding hydrogens is 470 g/mol. The second-order valence-corrected chi connectivity index (χ2v) is 8.69. The van der Waals surface area contributed by atoms with Gasteiger partial charge in [-0.15, -0.1) is 0 Å². The van der Waals surface area contributed by atoms with E-state index < -0.39 is 0 Å². The lowest BCUT2D eigenvalue weighted by atomic mass is 10.1. The number of aromatic nitrogens is 2. The molecule has 37 heavy (non-hydrogen) atoms. The molecule has 4 rings (SSSR count). The SMILES string of the molecule is CCOC(=O)[C@H](C)NCc1ccc(Nc2nccc(-c3ccc(OC4CCOCC4)c(C#N)c3)n2)cc1. The van der Waals surface area contributed by atoms with Crippen LogP contribution >= 0.6 is 0 Å². The normalized spacial score (nSPS) is 14.4. The molecule has 1 aliphatic heterocycles. The Morgan fingerprint density at radius 2 is 1.97 bits per heavy atom. The minimum atomic E-state index is -0.377. The van der Waals surface area contributed by atoms with Crippen LogP contribution < -0.4 is 15.4 Å². The van der Waals surface area contributed by atoms with Gasteiger partial charge in [0.05, 0.1) is 31.1 Å². The average Bonchev–Trinajstić information content (AvgIpc) is 2.93. The summed E-state index contributed by atoms with van der Waals surface area (Å²) in [5, 5.41) is 16.1. The molecule has 2 N–H and O–H groups in total. The molecule has 9 nitrogen and oxygen atoms in total. The molecule has 1 fully saturated rings. The number of nitrogens with zero attached hydrogens (tertiary/aromatic N) is 3. The van der Waals surface area contributed by atoms with Crippen LogP contribution in [0.1, 0.15) is 37.8 Å². The molecule has 192 valence electrons. The summed E-state index contributed by atoms with van der Waals surface area (Å²) in [5.74, 6) is 0.762. The smallest absolute Gasteiger partial charge is 0.322 e. The van der Waals surface area contributed by atoms with Crippen molar-refractivity contribution >= 4 is 17.6 Å². The van der Waals surface area contributed by atoms with E-state index in [2.05, 4.69) is 26.7 Å². The molecule has 0 bridgehead atoms. The highest BCUT2D eigenvalue weighted by Crippen LogP contribution is 2.28. The summed E-state index contributed by atoms with van der Waals surface area (Å²) in [6, 6.07) is 17.0. The van der Waals surface area contributed by atoms with Gasteiger partial charge in [0.1, 0.15) is 24.0 Å². The third-order valence-electron chi connectivity index (χ3n) is 5.98. The van der Waals surface area contributed by atoms with Crippen molar-refractivity contribution < 1.29 is 19.0 Å². The minimum Gasteiger partial charge on any atom is -0.489 e. The Bertz CT molecular complexity index is 1240. The Morgan fingerprint density at radius 1 is 1.19 bits per heavy atom. The van der Waals surface area contributed by atoms with Gasteiger partial charge in [0.25, 0.3) is 0 Å². The zero-order chi connectivity index (χ0) is 26.0. The molecule has 0 aliphatic carbocycles. The van der Waals surface area contributed by atoms with E-state index >= 15 is 0 Å². The van der Waals surface area contributed by atoms with Crippen LogP contribution in [0.5, 0.6) is 5.75 Å². The van der Waals surface area contributed by atoms with Crippen molar-refractivity contribution in [1.82, 2.24) is 15.3 Å². The molecule has 1 atom stereocenters.